The SMILES string of the molecule is CCCCC(C#N)/C(=N/C#N)N1CCCCC1. The maximum absolute atomic E-state index is 9.21. The van der Waals surface area contributed by atoms with Gasteiger partial charge in [0.1, 0.15) is 11.8 Å². The average Bonchev–Trinajstić information content (AvgIpc) is 2.39. The summed E-state index contributed by atoms with van der Waals surface area (Å²) in [6, 6.07) is 2.30. The first-order chi connectivity index (χ1) is 8.33. The second-order valence-electron chi connectivity index (χ2n) is 4.44. The molecule has 1 atom stereocenters. The minimum Gasteiger partial charge on any atom is -0.358 e. The summed E-state index contributed by atoms with van der Waals surface area (Å²) in [7, 11) is 0. The molecular formula is C13H20N4. The molecule has 1 unspecified atom stereocenters. The number of amidine groups is 1. The van der Waals surface area contributed by atoms with Crippen LogP contribution in [0, 0.1) is 28.7 Å². The molecule has 0 saturated carbocycles. The van der Waals surface area contributed by atoms with E-state index in [9.17, 15) is 5.26 Å². The highest BCUT2D eigenvalue weighted by molar-refractivity contribution is 5.87. The van der Waals surface area contributed by atoms with E-state index < -0.39 is 0 Å². The van der Waals surface area contributed by atoms with Crippen molar-refractivity contribution in [3.63, 3.8) is 0 Å². The zero-order valence-electron chi connectivity index (χ0n) is 10.5. The number of nitriles is 2. The molecule has 4 heteroatoms. The number of hydrogen-bond donors (Lipinski definition) is 0. The van der Waals surface area contributed by atoms with Gasteiger partial charge in [0.05, 0.1) is 6.07 Å². The first-order valence-electron chi connectivity index (χ1n) is 6.44. The van der Waals surface area contributed by atoms with Crippen molar-refractivity contribution in [2.75, 3.05) is 13.1 Å². The van der Waals surface area contributed by atoms with Crippen molar-refractivity contribution in [1.82, 2.24) is 4.90 Å². The summed E-state index contributed by atoms with van der Waals surface area (Å²) in [6.45, 7) is 3.98. The number of nitrogens with zero attached hydrogens (tertiary/aromatic N) is 4. The second-order valence-corrected chi connectivity index (χ2v) is 4.44. The van der Waals surface area contributed by atoms with Gasteiger partial charge < -0.3 is 4.90 Å². The Morgan fingerprint density at radius 2 is 2.00 bits per heavy atom. The van der Waals surface area contributed by atoms with E-state index in [0.29, 0.717) is 5.84 Å². The number of unbranched alkanes of at least 4 members (excludes halogenated alkanes) is 1. The minimum absolute atomic E-state index is 0.215. The van der Waals surface area contributed by atoms with Gasteiger partial charge in [-0.05, 0) is 25.7 Å². The molecular weight excluding hydrogens is 212 g/mol. The smallest absolute Gasteiger partial charge is 0.207 e. The van der Waals surface area contributed by atoms with Crippen molar-refractivity contribution in [1.29, 1.82) is 10.5 Å². The number of likely N-dealkylation sites (tertiary alicyclic amines) is 1. The first-order valence-corrected chi connectivity index (χ1v) is 6.44. The van der Waals surface area contributed by atoms with Crippen molar-refractivity contribution in [3.8, 4) is 12.3 Å². The lowest BCUT2D eigenvalue weighted by Gasteiger charge is -2.31. The highest BCUT2D eigenvalue weighted by atomic mass is 15.2. The van der Waals surface area contributed by atoms with E-state index in [4.69, 9.17) is 5.26 Å². The third kappa shape index (κ3) is 4.07. The highest BCUT2D eigenvalue weighted by Crippen LogP contribution is 2.17. The summed E-state index contributed by atoms with van der Waals surface area (Å²) in [5.74, 6) is 0.482. The number of rotatable bonds is 4. The van der Waals surface area contributed by atoms with Gasteiger partial charge in [-0.1, -0.05) is 19.8 Å². The van der Waals surface area contributed by atoms with Crippen molar-refractivity contribution >= 4 is 5.84 Å². The molecule has 1 aliphatic rings. The largest absolute Gasteiger partial charge is 0.358 e. The normalized spacial score (nSPS) is 18.3. The third-order valence-corrected chi connectivity index (χ3v) is 3.16. The summed E-state index contributed by atoms with van der Waals surface area (Å²) in [4.78, 5) is 6.02. The Labute approximate surface area is 104 Å². The molecule has 0 bridgehead atoms. The Balaban J connectivity index is 2.73. The molecule has 1 rings (SSSR count). The monoisotopic (exact) mass is 232 g/mol. The average molecular weight is 232 g/mol. The predicted octanol–water partition coefficient (Wildman–Crippen LogP) is 2.68. The van der Waals surface area contributed by atoms with Gasteiger partial charge in [-0.15, -0.1) is 0 Å². The van der Waals surface area contributed by atoms with Crippen LogP contribution >= 0.6 is 0 Å². The number of aliphatic imine (C=N–C) groups is 1. The lowest BCUT2D eigenvalue weighted by atomic mass is 10.00. The van der Waals surface area contributed by atoms with Crippen LogP contribution in [0.1, 0.15) is 45.4 Å². The topological polar surface area (TPSA) is 63.2 Å². The molecule has 0 radical (unpaired) electrons. The van der Waals surface area contributed by atoms with E-state index in [1.54, 1.807) is 0 Å². The van der Waals surface area contributed by atoms with Crippen LogP contribution in [0.25, 0.3) is 0 Å². The first kappa shape index (κ1) is 13.5. The van der Waals surface area contributed by atoms with Gasteiger partial charge >= 0.3 is 0 Å². The third-order valence-electron chi connectivity index (χ3n) is 3.16. The maximum atomic E-state index is 9.21. The van der Waals surface area contributed by atoms with Gasteiger partial charge in [0.25, 0.3) is 0 Å². The van der Waals surface area contributed by atoms with E-state index in [2.05, 4.69) is 22.9 Å². The van der Waals surface area contributed by atoms with Gasteiger partial charge in [0.2, 0.25) is 6.19 Å². The van der Waals surface area contributed by atoms with E-state index in [0.717, 1.165) is 45.2 Å². The molecule has 0 spiro atoms. The van der Waals surface area contributed by atoms with E-state index in [1.807, 2.05) is 6.19 Å². The zero-order chi connectivity index (χ0) is 12.5. The molecule has 17 heavy (non-hydrogen) atoms. The van der Waals surface area contributed by atoms with Crippen LogP contribution in [0.15, 0.2) is 4.99 Å². The van der Waals surface area contributed by atoms with Crippen LogP contribution < -0.4 is 0 Å². The molecule has 4 nitrogen and oxygen atoms in total. The molecule has 1 saturated heterocycles. The van der Waals surface area contributed by atoms with Crippen LogP contribution in [-0.2, 0) is 0 Å². The van der Waals surface area contributed by atoms with Gasteiger partial charge in [0, 0.05) is 13.1 Å². The lowest BCUT2D eigenvalue weighted by Crippen LogP contribution is -2.39. The van der Waals surface area contributed by atoms with E-state index >= 15 is 0 Å². The summed E-state index contributed by atoms with van der Waals surface area (Å²) in [5, 5.41) is 18.0. The summed E-state index contributed by atoms with van der Waals surface area (Å²) >= 11 is 0. The molecule has 0 aliphatic carbocycles. The zero-order valence-corrected chi connectivity index (χ0v) is 10.5. The molecule has 0 N–H and O–H groups in total. The van der Waals surface area contributed by atoms with Gasteiger partial charge in [-0.3, -0.25) is 0 Å². The highest BCUT2D eigenvalue weighted by Gasteiger charge is 2.23. The fourth-order valence-electron chi connectivity index (χ4n) is 2.20. The second kappa shape index (κ2) is 7.68. The standard InChI is InChI=1S/C13H20N4/c1-2-3-7-12(10-14)13(16-11-15)17-8-5-4-6-9-17/h12H,2-9H2,1H3/b16-13-. The predicted molar refractivity (Wildman–Crippen MR) is 67.1 cm³/mol. The molecule has 1 fully saturated rings. The van der Waals surface area contributed by atoms with Crippen LogP contribution in [0.5, 0.6) is 0 Å². The lowest BCUT2D eigenvalue weighted by molar-refractivity contribution is 0.329. The Kier molecular flexibility index (Phi) is 6.10. The molecule has 92 valence electrons. The Morgan fingerprint density at radius 3 is 2.53 bits per heavy atom. The summed E-state index contributed by atoms with van der Waals surface area (Å²) in [5.41, 5.74) is 0. The molecule has 0 aromatic heterocycles. The Hall–Kier alpha value is -1.55. The van der Waals surface area contributed by atoms with Crippen molar-refractivity contribution in [2.45, 2.75) is 45.4 Å². The van der Waals surface area contributed by atoms with Crippen molar-refractivity contribution in [2.24, 2.45) is 10.9 Å². The van der Waals surface area contributed by atoms with Gasteiger partial charge in [0.15, 0.2) is 0 Å². The van der Waals surface area contributed by atoms with Crippen LogP contribution in [0.2, 0.25) is 0 Å². The fourth-order valence-corrected chi connectivity index (χ4v) is 2.20. The molecule has 1 heterocycles. The molecule has 1 aliphatic heterocycles. The van der Waals surface area contributed by atoms with Crippen molar-refractivity contribution in [3.05, 3.63) is 0 Å². The summed E-state index contributed by atoms with van der Waals surface area (Å²) in [6.07, 6.45) is 8.25. The molecule has 0 aromatic rings. The molecule has 0 aromatic carbocycles. The maximum Gasteiger partial charge on any atom is 0.207 e. The van der Waals surface area contributed by atoms with E-state index in [-0.39, 0.29) is 5.92 Å². The quantitative estimate of drug-likeness (QED) is 0.425. The van der Waals surface area contributed by atoms with Gasteiger partial charge in [-0.25, -0.2) is 0 Å². The molecule has 0 amide bonds. The Morgan fingerprint density at radius 1 is 1.29 bits per heavy atom. The van der Waals surface area contributed by atoms with Crippen LogP contribution in [0.4, 0.5) is 0 Å². The van der Waals surface area contributed by atoms with E-state index in [1.165, 1.54) is 6.42 Å². The Bertz CT molecular complexity index is 328. The fraction of sp³-hybridized carbons (Fsp3) is 0.769. The van der Waals surface area contributed by atoms with Gasteiger partial charge in [-0.2, -0.15) is 15.5 Å². The summed E-state index contributed by atoms with van der Waals surface area (Å²) < 4.78 is 0. The van der Waals surface area contributed by atoms with Crippen molar-refractivity contribution < 1.29 is 0 Å². The minimum atomic E-state index is -0.215. The van der Waals surface area contributed by atoms with Crippen LogP contribution in [-0.4, -0.2) is 23.8 Å². The van der Waals surface area contributed by atoms with Crippen LogP contribution in [0.3, 0.4) is 0 Å². The number of hydrogen-bond acceptors (Lipinski definition) is 3. The number of piperidine rings is 1.